The van der Waals surface area contributed by atoms with Gasteiger partial charge in [0.25, 0.3) is 0 Å². The summed E-state index contributed by atoms with van der Waals surface area (Å²) in [5, 5.41) is 0. The first kappa shape index (κ1) is 18.4. The van der Waals surface area contributed by atoms with Gasteiger partial charge in [-0.25, -0.2) is 13.2 Å². The maximum atomic E-state index is 12.7. The van der Waals surface area contributed by atoms with Crippen molar-refractivity contribution in [2.75, 3.05) is 19.6 Å². The van der Waals surface area contributed by atoms with Crippen molar-refractivity contribution in [3.63, 3.8) is 0 Å². The molecule has 1 aliphatic heterocycles. The molecular formula is C16H22N2O5S. The maximum absolute atomic E-state index is 12.7. The monoisotopic (exact) mass is 354 g/mol. The lowest BCUT2D eigenvalue weighted by Gasteiger charge is -2.38. The average Bonchev–Trinajstić information content (AvgIpc) is 2.53. The van der Waals surface area contributed by atoms with E-state index >= 15 is 0 Å². The van der Waals surface area contributed by atoms with E-state index in [-0.39, 0.29) is 24.5 Å². The predicted molar refractivity (Wildman–Crippen MR) is 88.0 cm³/mol. The van der Waals surface area contributed by atoms with Gasteiger partial charge >= 0.3 is 6.09 Å². The third-order valence-corrected chi connectivity index (χ3v) is 5.46. The summed E-state index contributed by atoms with van der Waals surface area (Å²) in [4.78, 5) is 25.0. The van der Waals surface area contributed by atoms with Crippen molar-refractivity contribution < 1.29 is 22.7 Å². The third-order valence-electron chi connectivity index (χ3n) is 3.53. The molecule has 1 saturated heterocycles. The molecule has 1 aromatic rings. The Kier molecular flexibility index (Phi) is 5.29. The Morgan fingerprint density at radius 3 is 2.38 bits per heavy atom. The van der Waals surface area contributed by atoms with Gasteiger partial charge in [0, 0.05) is 19.6 Å². The summed E-state index contributed by atoms with van der Waals surface area (Å²) in [7, 11) is -3.78. The van der Waals surface area contributed by atoms with E-state index in [9.17, 15) is 18.0 Å². The molecule has 8 heteroatoms. The van der Waals surface area contributed by atoms with Crippen molar-refractivity contribution in [3.05, 3.63) is 30.3 Å². The lowest BCUT2D eigenvalue weighted by molar-refractivity contribution is -0.112. The number of hydrogen-bond acceptors (Lipinski definition) is 5. The zero-order chi connectivity index (χ0) is 18.0. The molecule has 1 unspecified atom stereocenters. The number of carbonyl (C=O) groups excluding carboxylic acids is 2. The average molecular weight is 354 g/mol. The smallest absolute Gasteiger partial charge is 0.410 e. The molecular weight excluding hydrogens is 332 g/mol. The quantitative estimate of drug-likeness (QED) is 0.768. The highest BCUT2D eigenvalue weighted by molar-refractivity contribution is 7.89. The number of sulfonamides is 1. The van der Waals surface area contributed by atoms with E-state index in [0.717, 1.165) is 4.31 Å². The molecule has 2 rings (SSSR count). The minimum absolute atomic E-state index is 0.0233. The molecule has 1 aromatic carbocycles. The van der Waals surface area contributed by atoms with Crippen LogP contribution in [0.25, 0.3) is 0 Å². The predicted octanol–water partition coefficient (Wildman–Crippen LogP) is 1.50. The van der Waals surface area contributed by atoms with E-state index in [2.05, 4.69) is 0 Å². The highest BCUT2D eigenvalue weighted by atomic mass is 32.2. The summed E-state index contributed by atoms with van der Waals surface area (Å²) in [5.41, 5.74) is -0.652. The first-order valence-electron chi connectivity index (χ1n) is 7.65. The summed E-state index contributed by atoms with van der Waals surface area (Å²) in [5.74, 6) is 0. The van der Waals surface area contributed by atoms with Crippen LogP contribution in [-0.2, 0) is 19.6 Å². The number of aldehydes is 1. The molecule has 7 nitrogen and oxygen atoms in total. The van der Waals surface area contributed by atoms with Crippen LogP contribution in [0.5, 0.6) is 0 Å². The Balaban J connectivity index is 2.17. The van der Waals surface area contributed by atoms with E-state index in [4.69, 9.17) is 4.74 Å². The van der Waals surface area contributed by atoms with Crippen molar-refractivity contribution in [1.29, 1.82) is 0 Å². The first-order valence-corrected chi connectivity index (χ1v) is 9.09. The number of hydrogen-bond donors (Lipinski definition) is 0. The standard InChI is InChI=1S/C16H22N2O5S/c1-16(2,3)23-15(20)17-9-10-18(13(11-17)12-19)24(21,22)14-7-5-4-6-8-14/h4-8,12-13H,9-11H2,1-3H3. The van der Waals surface area contributed by atoms with Crippen LogP contribution in [0, 0.1) is 0 Å². The Bertz CT molecular complexity index is 697. The molecule has 0 bridgehead atoms. The molecule has 0 saturated carbocycles. The van der Waals surface area contributed by atoms with Gasteiger partial charge in [-0.2, -0.15) is 4.31 Å². The number of benzene rings is 1. The van der Waals surface area contributed by atoms with E-state index in [0.29, 0.717) is 6.29 Å². The second-order valence-electron chi connectivity index (χ2n) is 6.56. The van der Waals surface area contributed by atoms with Gasteiger partial charge in [0.1, 0.15) is 11.9 Å². The van der Waals surface area contributed by atoms with Gasteiger partial charge < -0.3 is 14.4 Å². The number of carbonyl (C=O) groups is 2. The van der Waals surface area contributed by atoms with Crippen molar-refractivity contribution in [2.45, 2.75) is 37.3 Å². The molecule has 0 aromatic heterocycles. The largest absolute Gasteiger partial charge is 0.444 e. The Morgan fingerprint density at radius 2 is 1.83 bits per heavy atom. The summed E-state index contributed by atoms with van der Waals surface area (Å²) >= 11 is 0. The van der Waals surface area contributed by atoms with Gasteiger partial charge in [0.05, 0.1) is 10.9 Å². The molecule has 1 amide bonds. The minimum atomic E-state index is -3.78. The van der Waals surface area contributed by atoms with Crippen molar-refractivity contribution in [3.8, 4) is 0 Å². The van der Waals surface area contributed by atoms with Gasteiger partial charge in [0.2, 0.25) is 10.0 Å². The van der Waals surface area contributed by atoms with Crippen LogP contribution < -0.4 is 0 Å². The van der Waals surface area contributed by atoms with Crippen molar-refractivity contribution in [1.82, 2.24) is 9.21 Å². The zero-order valence-corrected chi connectivity index (χ0v) is 14.8. The number of rotatable bonds is 3. The zero-order valence-electron chi connectivity index (χ0n) is 14.0. The summed E-state index contributed by atoms with van der Waals surface area (Å²) < 4.78 is 31.8. The van der Waals surface area contributed by atoms with Crippen molar-refractivity contribution in [2.24, 2.45) is 0 Å². The summed E-state index contributed by atoms with van der Waals surface area (Å²) in [6.45, 7) is 5.43. The molecule has 1 atom stereocenters. The van der Waals surface area contributed by atoms with Crippen LogP contribution in [0.4, 0.5) is 4.79 Å². The third kappa shape index (κ3) is 4.12. The SMILES string of the molecule is CC(C)(C)OC(=O)N1CCN(S(=O)(=O)c2ccccc2)C(C=O)C1. The number of ether oxygens (including phenoxy) is 1. The van der Waals surface area contributed by atoms with Crippen molar-refractivity contribution >= 4 is 22.4 Å². The Labute approximate surface area is 142 Å². The normalized spacial score (nSPS) is 19.8. The topological polar surface area (TPSA) is 84.0 Å². The van der Waals surface area contributed by atoms with Crippen LogP contribution in [0.1, 0.15) is 20.8 Å². The van der Waals surface area contributed by atoms with Gasteiger partial charge in [-0.05, 0) is 32.9 Å². The fourth-order valence-corrected chi connectivity index (χ4v) is 3.99. The molecule has 1 fully saturated rings. The molecule has 0 spiro atoms. The second-order valence-corrected chi connectivity index (χ2v) is 8.45. The second kappa shape index (κ2) is 6.90. The first-order chi connectivity index (χ1) is 11.1. The maximum Gasteiger partial charge on any atom is 0.410 e. The van der Waals surface area contributed by atoms with Crippen LogP contribution in [-0.4, -0.2) is 61.3 Å². The number of nitrogens with zero attached hydrogens (tertiary/aromatic N) is 2. The van der Waals surface area contributed by atoms with Gasteiger partial charge in [-0.1, -0.05) is 18.2 Å². The van der Waals surface area contributed by atoms with E-state index in [1.165, 1.54) is 17.0 Å². The van der Waals surface area contributed by atoms with Crippen LogP contribution in [0.3, 0.4) is 0 Å². The van der Waals surface area contributed by atoms with Gasteiger partial charge in [-0.3, -0.25) is 0 Å². The molecule has 0 aliphatic carbocycles. The number of piperazine rings is 1. The minimum Gasteiger partial charge on any atom is -0.444 e. The fraction of sp³-hybridized carbons (Fsp3) is 0.500. The Morgan fingerprint density at radius 1 is 1.21 bits per heavy atom. The van der Waals surface area contributed by atoms with Gasteiger partial charge in [-0.15, -0.1) is 0 Å². The molecule has 1 heterocycles. The Hall–Kier alpha value is -1.93. The molecule has 132 valence electrons. The highest BCUT2D eigenvalue weighted by Gasteiger charge is 2.38. The lowest BCUT2D eigenvalue weighted by atomic mass is 10.2. The fourth-order valence-electron chi connectivity index (χ4n) is 2.42. The molecule has 24 heavy (non-hydrogen) atoms. The van der Waals surface area contributed by atoms with E-state index in [1.54, 1.807) is 39.0 Å². The summed E-state index contributed by atoms with van der Waals surface area (Å²) in [6, 6.07) is 7.00. The van der Waals surface area contributed by atoms with E-state index < -0.39 is 27.8 Å². The van der Waals surface area contributed by atoms with Crippen LogP contribution >= 0.6 is 0 Å². The molecule has 0 radical (unpaired) electrons. The van der Waals surface area contributed by atoms with Gasteiger partial charge in [0.15, 0.2) is 0 Å². The van der Waals surface area contributed by atoms with Crippen LogP contribution in [0.15, 0.2) is 35.2 Å². The van der Waals surface area contributed by atoms with E-state index in [1.807, 2.05) is 0 Å². The van der Waals surface area contributed by atoms with Crippen LogP contribution in [0.2, 0.25) is 0 Å². The number of amides is 1. The molecule has 1 aliphatic rings. The summed E-state index contributed by atoms with van der Waals surface area (Å²) in [6.07, 6.45) is 0.00270. The molecule has 0 N–H and O–H groups in total. The highest BCUT2D eigenvalue weighted by Crippen LogP contribution is 2.21. The lowest BCUT2D eigenvalue weighted by Crippen LogP contribution is -2.57.